The third kappa shape index (κ3) is 4.69. The van der Waals surface area contributed by atoms with Crippen LogP contribution in [0.1, 0.15) is 0 Å². The Balaban J connectivity index is 1.41. The van der Waals surface area contributed by atoms with Crippen LogP contribution in [0.3, 0.4) is 0 Å². The molecule has 1 saturated heterocycles. The summed E-state index contributed by atoms with van der Waals surface area (Å²) in [6.45, 7) is 6.77. The number of fused-ring (bicyclic) bond motifs is 1. The number of morpholine rings is 1. The summed E-state index contributed by atoms with van der Waals surface area (Å²) >= 11 is 0. The first-order valence-corrected chi connectivity index (χ1v) is 10.9. The Kier molecular flexibility index (Phi) is 6.09. The average molecular weight is 454 g/mol. The molecule has 1 amide bonds. The summed E-state index contributed by atoms with van der Waals surface area (Å²) in [5.41, 5.74) is 4.74. The molecule has 1 fully saturated rings. The average Bonchev–Trinajstić information content (AvgIpc) is 2.89. The highest BCUT2D eigenvalue weighted by Gasteiger charge is 2.12. The number of rotatable bonds is 6. The number of nitrogens with zero attached hydrogens (tertiary/aromatic N) is 5. The van der Waals surface area contributed by atoms with Crippen LogP contribution < -0.4 is 15.5 Å². The van der Waals surface area contributed by atoms with Gasteiger partial charge in [0.2, 0.25) is 11.9 Å². The van der Waals surface area contributed by atoms with Crippen LogP contribution in [0.25, 0.3) is 22.2 Å². The molecule has 9 nitrogen and oxygen atoms in total. The Morgan fingerprint density at radius 2 is 1.85 bits per heavy atom. The number of aromatic nitrogens is 4. The number of ether oxygens (including phenoxy) is 1. The fourth-order valence-corrected chi connectivity index (χ4v) is 3.76. The van der Waals surface area contributed by atoms with E-state index in [1.54, 1.807) is 36.9 Å². The van der Waals surface area contributed by atoms with Crippen molar-refractivity contribution < 1.29 is 9.53 Å². The van der Waals surface area contributed by atoms with Crippen LogP contribution in [-0.4, -0.2) is 52.1 Å². The van der Waals surface area contributed by atoms with E-state index in [1.165, 1.54) is 6.08 Å². The predicted octanol–water partition coefficient (Wildman–Crippen LogP) is 3.79. The van der Waals surface area contributed by atoms with Crippen LogP contribution in [0.2, 0.25) is 0 Å². The van der Waals surface area contributed by atoms with E-state index in [0.29, 0.717) is 22.8 Å². The molecule has 170 valence electrons. The maximum absolute atomic E-state index is 11.7. The minimum absolute atomic E-state index is 0.290. The first kappa shape index (κ1) is 21.5. The number of nitrogens with one attached hydrogen (secondary N) is 2. The van der Waals surface area contributed by atoms with Crippen LogP contribution in [0.5, 0.6) is 0 Å². The van der Waals surface area contributed by atoms with E-state index in [2.05, 4.69) is 49.2 Å². The number of anilines is 4. The molecular formula is C25H23N7O2. The molecule has 0 bridgehead atoms. The molecule has 4 heterocycles. The van der Waals surface area contributed by atoms with Gasteiger partial charge in [-0.2, -0.15) is 0 Å². The van der Waals surface area contributed by atoms with Crippen molar-refractivity contribution in [2.75, 3.05) is 41.8 Å². The Morgan fingerprint density at radius 1 is 1.03 bits per heavy atom. The zero-order chi connectivity index (χ0) is 23.3. The molecule has 0 atom stereocenters. The minimum atomic E-state index is -0.290. The van der Waals surface area contributed by atoms with Crippen LogP contribution >= 0.6 is 0 Å². The number of carbonyl (C=O) groups excluding carboxylic acids is 1. The maximum Gasteiger partial charge on any atom is 0.247 e. The van der Waals surface area contributed by atoms with Crippen molar-refractivity contribution in [2.45, 2.75) is 0 Å². The van der Waals surface area contributed by atoms with E-state index in [1.807, 2.05) is 12.1 Å². The van der Waals surface area contributed by atoms with Gasteiger partial charge >= 0.3 is 0 Å². The van der Waals surface area contributed by atoms with Gasteiger partial charge in [0, 0.05) is 65.9 Å². The van der Waals surface area contributed by atoms with Gasteiger partial charge in [0.25, 0.3) is 0 Å². The van der Waals surface area contributed by atoms with E-state index in [0.717, 1.165) is 48.6 Å². The minimum Gasteiger partial charge on any atom is -0.378 e. The number of pyridine rings is 2. The van der Waals surface area contributed by atoms with Crippen molar-refractivity contribution in [1.82, 2.24) is 19.9 Å². The van der Waals surface area contributed by atoms with Gasteiger partial charge in [-0.15, -0.1) is 0 Å². The van der Waals surface area contributed by atoms with Gasteiger partial charge in [-0.1, -0.05) is 6.58 Å². The van der Waals surface area contributed by atoms with E-state index < -0.39 is 0 Å². The van der Waals surface area contributed by atoms with Crippen LogP contribution in [-0.2, 0) is 9.53 Å². The lowest BCUT2D eigenvalue weighted by Gasteiger charge is -2.28. The normalized spacial score (nSPS) is 13.5. The van der Waals surface area contributed by atoms with Crippen molar-refractivity contribution in [3.05, 3.63) is 73.8 Å². The number of hydrogen-bond donors (Lipinski definition) is 2. The van der Waals surface area contributed by atoms with Gasteiger partial charge in [-0.25, -0.2) is 9.97 Å². The molecule has 5 rings (SSSR count). The molecular weight excluding hydrogens is 430 g/mol. The topological polar surface area (TPSA) is 105 Å². The second-order valence-electron chi connectivity index (χ2n) is 7.71. The lowest BCUT2D eigenvalue weighted by molar-refractivity contribution is -0.111. The molecule has 9 heteroatoms. The fraction of sp³-hybridized carbons (Fsp3) is 0.160. The van der Waals surface area contributed by atoms with Gasteiger partial charge in [-0.05, 0) is 42.5 Å². The lowest BCUT2D eigenvalue weighted by atomic mass is 10.1. The van der Waals surface area contributed by atoms with Crippen LogP contribution in [0.15, 0.2) is 73.8 Å². The SMILES string of the molecule is C=CC(=O)Nc1ccnc(-c2cncc3cnc(Nc4ccc(N5CCOCC5)cc4)nc23)c1. The summed E-state index contributed by atoms with van der Waals surface area (Å²) in [5, 5.41) is 6.81. The van der Waals surface area contributed by atoms with Gasteiger partial charge in [0.05, 0.1) is 24.4 Å². The molecule has 0 spiro atoms. The summed E-state index contributed by atoms with van der Waals surface area (Å²) in [5.74, 6) is 0.178. The zero-order valence-electron chi connectivity index (χ0n) is 18.4. The molecule has 1 aliphatic heterocycles. The van der Waals surface area contributed by atoms with Crippen molar-refractivity contribution in [3.8, 4) is 11.3 Å². The van der Waals surface area contributed by atoms with Gasteiger partial charge in [-0.3, -0.25) is 14.8 Å². The maximum atomic E-state index is 11.7. The van der Waals surface area contributed by atoms with Gasteiger partial charge < -0.3 is 20.3 Å². The quantitative estimate of drug-likeness (QED) is 0.425. The van der Waals surface area contributed by atoms with Crippen molar-refractivity contribution in [1.29, 1.82) is 0 Å². The predicted molar refractivity (Wildman–Crippen MR) is 132 cm³/mol. The van der Waals surface area contributed by atoms with Gasteiger partial charge in [0.15, 0.2) is 0 Å². The second kappa shape index (κ2) is 9.63. The van der Waals surface area contributed by atoms with Crippen LogP contribution in [0, 0.1) is 0 Å². The monoisotopic (exact) mass is 453 g/mol. The molecule has 2 N–H and O–H groups in total. The number of carbonyl (C=O) groups is 1. The smallest absolute Gasteiger partial charge is 0.247 e. The summed E-state index contributed by atoms with van der Waals surface area (Å²) < 4.78 is 5.43. The Hall–Kier alpha value is -4.37. The largest absolute Gasteiger partial charge is 0.378 e. The highest BCUT2D eigenvalue weighted by Crippen LogP contribution is 2.28. The fourth-order valence-electron chi connectivity index (χ4n) is 3.76. The third-order valence-corrected chi connectivity index (χ3v) is 5.48. The highest BCUT2D eigenvalue weighted by molar-refractivity contribution is 5.99. The Labute approximate surface area is 196 Å². The van der Waals surface area contributed by atoms with Crippen LogP contribution in [0.4, 0.5) is 23.0 Å². The lowest BCUT2D eigenvalue weighted by Crippen LogP contribution is -2.36. The molecule has 0 unspecified atom stereocenters. The second-order valence-corrected chi connectivity index (χ2v) is 7.71. The molecule has 4 aromatic rings. The summed E-state index contributed by atoms with van der Waals surface area (Å²) in [6, 6.07) is 11.7. The third-order valence-electron chi connectivity index (χ3n) is 5.48. The summed E-state index contributed by atoms with van der Waals surface area (Å²) in [4.78, 5) is 31.9. The molecule has 0 radical (unpaired) electrons. The Morgan fingerprint density at radius 3 is 2.65 bits per heavy atom. The van der Waals surface area contributed by atoms with E-state index >= 15 is 0 Å². The van der Waals surface area contributed by atoms with E-state index in [-0.39, 0.29) is 5.91 Å². The number of hydrogen-bond acceptors (Lipinski definition) is 8. The zero-order valence-corrected chi connectivity index (χ0v) is 18.4. The first-order valence-electron chi connectivity index (χ1n) is 10.9. The Bertz CT molecular complexity index is 1330. The molecule has 34 heavy (non-hydrogen) atoms. The van der Waals surface area contributed by atoms with Crippen molar-refractivity contribution in [3.63, 3.8) is 0 Å². The van der Waals surface area contributed by atoms with E-state index in [4.69, 9.17) is 9.72 Å². The summed E-state index contributed by atoms with van der Waals surface area (Å²) in [7, 11) is 0. The van der Waals surface area contributed by atoms with E-state index in [9.17, 15) is 4.79 Å². The molecule has 1 aromatic carbocycles. The molecule has 3 aromatic heterocycles. The van der Waals surface area contributed by atoms with Crippen molar-refractivity contribution in [2.24, 2.45) is 0 Å². The molecule has 0 aliphatic carbocycles. The molecule has 0 saturated carbocycles. The van der Waals surface area contributed by atoms with Crippen molar-refractivity contribution >= 4 is 39.8 Å². The standard InChI is InChI=1S/C25H23N7O2/c1-2-23(33)29-19-7-8-27-22(13-19)21-16-26-14-17-15-28-25(31-24(17)21)30-18-3-5-20(6-4-18)32-9-11-34-12-10-32/h2-8,13-16H,1,9-12H2,(H,27,29,33)(H,28,30,31). The number of benzene rings is 1. The first-order chi connectivity index (χ1) is 16.7. The molecule has 1 aliphatic rings. The number of amides is 1. The highest BCUT2D eigenvalue weighted by atomic mass is 16.5. The van der Waals surface area contributed by atoms with Gasteiger partial charge in [0.1, 0.15) is 0 Å². The summed E-state index contributed by atoms with van der Waals surface area (Å²) in [6.07, 6.45) is 7.99.